The highest BCUT2D eigenvalue weighted by Gasteiger charge is 2.23. The molecule has 9 heteroatoms. The summed E-state index contributed by atoms with van der Waals surface area (Å²) in [4.78, 5) is 20.9. The summed E-state index contributed by atoms with van der Waals surface area (Å²) in [5.74, 6) is 0.445. The summed E-state index contributed by atoms with van der Waals surface area (Å²) >= 11 is 6.06. The van der Waals surface area contributed by atoms with Crippen LogP contribution in [0.1, 0.15) is 16.2 Å². The molecule has 0 aliphatic carbocycles. The van der Waals surface area contributed by atoms with Crippen molar-refractivity contribution < 1.29 is 23.5 Å². The third-order valence-electron chi connectivity index (χ3n) is 3.52. The van der Waals surface area contributed by atoms with Gasteiger partial charge in [-0.15, -0.1) is 0 Å². The molecule has 3 aromatic rings. The molecule has 0 saturated heterocycles. The molecule has 0 saturated carbocycles. The summed E-state index contributed by atoms with van der Waals surface area (Å²) in [6, 6.07) is 6.32. The number of nitrogens with zero attached hydrogens (tertiary/aromatic N) is 3. The number of ether oxygens (including phenoxy) is 3. The summed E-state index contributed by atoms with van der Waals surface area (Å²) < 4.78 is 20.8. The highest BCUT2D eigenvalue weighted by atomic mass is 35.5. The Labute approximate surface area is 153 Å². The van der Waals surface area contributed by atoms with Crippen LogP contribution >= 0.6 is 11.6 Å². The Balaban J connectivity index is 1.99. The van der Waals surface area contributed by atoms with E-state index in [0.717, 1.165) is 0 Å². The number of carbonyl (C=O) groups excluding carboxylic acids is 1. The Morgan fingerprint density at radius 1 is 1.12 bits per heavy atom. The number of halogens is 1. The zero-order chi connectivity index (χ0) is 18.7. The minimum atomic E-state index is -0.505. The molecule has 1 aromatic carbocycles. The first kappa shape index (κ1) is 17.7. The fourth-order valence-corrected chi connectivity index (χ4v) is 2.50. The molecule has 0 aliphatic rings. The molecular formula is C17H14ClN3O5. The average molecular weight is 376 g/mol. The highest BCUT2D eigenvalue weighted by Crippen LogP contribution is 2.38. The van der Waals surface area contributed by atoms with Crippen molar-refractivity contribution in [2.75, 3.05) is 21.3 Å². The smallest absolute Gasteiger partial charge is 0.299 e. The molecule has 2 heterocycles. The zero-order valence-corrected chi connectivity index (χ0v) is 14.9. The first-order valence-corrected chi connectivity index (χ1v) is 7.76. The van der Waals surface area contributed by atoms with Gasteiger partial charge in [0.2, 0.25) is 11.6 Å². The fraction of sp³-hybridized carbons (Fsp3) is 0.176. The first-order valence-electron chi connectivity index (χ1n) is 7.38. The largest absolute Gasteiger partial charge is 0.493 e. The number of carbonyl (C=O) groups is 1. The van der Waals surface area contributed by atoms with Gasteiger partial charge in [-0.25, -0.2) is 0 Å². The van der Waals surface area contributed by atoms with Crippen molar-refractivity contribution in [2.24, 2.45) is 0 Å². The summed E-state index contributed by atoms with van der Waals surface area (Å²) in [6.45, 7) is 0. The van der Waals surface area contributed by atoms with E-state index in [1.807, 2.05) is 0 Å². The fourth-order valence-electron chi connectivity index (χ4n) is 2.30. The van der Waals surface area contributed by atoms with Crippen molar-refractivity contribution in [3.63, 3.8) is 0 Å². The Kier molecular flexibility index (Phi) is 5.04. The molecule has 0 bridgehead atoms. The van der Waals surface area contributed by atoms with Crippen LogP contribution in [0.4, 0.5) is 0 Å². The first-order chi connectivity index (χ1) is 12.6. The minimum Gasteiger partial charge on any atom is -0.493 e. The van der Waals surface area contributed by atoms with Gasteiger partial charge in [-0.3, -0.25) is 9.78 Å². The van der Waals surface area contributed by atoms with Crippen molar-refractivity contribution in [3.05, 3.63) is 46.9 Å². The van der Waals surface area contributed by atoms with Crippen molar-refractivity contribution in [3.8, 4) is 28.8 Å². The van der Waals surface area contributed by atoms with Crippen LogP contribution in [0.25, 0.3) is 11.5 Å². The number of hydrogen-bond acceptors (Lipinski definition) is 8. The molecule has 8 nitrogen and oxygen atoms in total. The van der Waals surface area contributed by atoms with Gasteiger partial charge < -0.3 is 18.7 Å². The van der Waals surface area contributed by atoms with Crippen LogP contribution in [0.2, 0.25) is 5.02 Å². The van der Waals surface area contributed by atoms with Gasteiger partial charge >= 0.3 is 0 Å². The standard InChI is InChI=1S/C17H14ClN3O5/c1-23-11-7-9(8-12(24-2)15(11)25-3)14(22)17-20-16(21-26-17)13-10(18)5-4-6-19-13/h4-8H,1-3H3. The van der Waals surface area contributed by atoms with E-state index in [1.54, 1.807) is 12.1 Å². The van der Waals surface area contributed by atoms with E-state index >= 15 is 0 Å². The lowest BCUT2D eigenvalue weighted by Gasteiger charge is -2.12. The highest BCUT2D eigenvalue weighted by molar-refractivity contribution is 6.32. The molecule has 0 radical (unpaired) electrons. The predicted molar refractivity (Wildman–Crippen MR) is 92.1 cm³/mol. The van der Waals surface area contributed by atoms with Gasteiger partial charge in [-0.05, 0) is 24.3 Å². The number of methoxy groups -OCH3 is 3. The molecule has 0 amide bonds. The van der Waals surface area contributed by atoms with Crippen molar-refractivity contribution in [2.45, 2.75) is 0 Å². The second kappa shape index (κ2) is 7.40. The van der Waals surface area contributed by atoms with Crippen LogP contribution in [-0.4, -0.2) is 42.2 Å². The van der Waals surface area contributed by atoms with Gasteiger partial charge in [0.15, 0.2) is 11.5 Å². The number of pyridine rings is 1. The van der Waals surface area contributed by atoms with E-state index in [2.05, 4.69) is 15.1 Å². The molecule has 0 N–H and O–H groups in total. The van der Waals surface area contributed by atoms with Crippen LogP contribution < -0.4 is 14.2 Å². The van der Waals surface area contributed by atoms with Gasteiger partial charge in [-0.1, -0.05) is 16.8 Å². The minimum absolute atomic E-state index is 0.117. The van der Waals surface area contributed by atoms with Gasteiger partial charge in [0.25, 0.3) is 11.7 Å². The molecule has 2 aromatic heterocycles. The van der Waals surface area contributed by atoms with E-state index in [4.69, 9.17) is 30.3 Å². The van der Waals surface area contributed by atoms with Crippen LogP contribution in [-0.2, 0) is 0 Å². The van der Waals surface area contributed by atoms with Crippen LogP contribution in [0.5, 0.6) is 17.2 Å². The lowest BCUT2D eigenvalue weighted by atomic mass is 10.1. The molecule has 0 fully saturated rings. The maximum absolute atomic E-state index is 12.7. The normalized spacial score (nSPS) is 10.5. The van der Waals surface area contributed by atoms with E-state index in [0.29, 0.717) is 28.0 Å². The van der Waals surface area contributed by atoms with Crippen molar-refractivity contribution in [1.29, 1.82) is 0 Å². The van der Waals surface area contributed by atoms with E-state index in [9.17, 15) is 4.79 Å². The second-order valence-corrected chi connectivity index (χ2v) is 5.41. The molecule has 0 spiro atoms. The van der Waals surface area contributed by atoms with Gasteiger partial charge in [0, 0.05) is 11.8 Å². The third kappa shape index (κ3) is 3.18. The number of rotatable bonds is 6. The summed E-state index contributed by atoms with van der Waals surface area (Å²) in [7, 11) is 4.39. The maximum atomic E-state index is 12.7. The monoisotopic (exact) mass is 375 g/mol. The van der Waals surface area contributed by atoms with Crippen LogP contribution in [0.15, 0.2) is 35.0 Å². The Hall–Kier alpha value is -3.13. The Morgan fingerprint density at radius 2 is 1.81 bits per heavy atom. The maximum Gasteiger partial charge on any atom is 0.299 e. The Bertz CT molecular complexity index is 932. The van der Waals surface area contributed by atoms with Gasteiger partial charge in [-0.2, -0.15) is 4.98 Å². The third-order valence-corrected chi connectivity index (χ3v) is 3.82. The quantitative estimate of drug-likeness (QED) is 0.606. The summed E-state index contributed by atoms with van der Waals surface area (Å²) in [6.07, 6.45) is 1.54. The number of ketones is 1. The van der Waals surface area contributed by atoms with E-state index in [1.165, 1.54) is 39.7 Å². The number of aromatic nitrogens is 3. The molecule has 0 unspecified atom stereocenters. The topological polar surface area (TPSA) is 96.6 Å². The summed E-state index contributed by atoms with van der Waals surface area (Å²) in [5.41, 5.74) is 0.559. The average Bonchev–Trinajstić information content (AvgIpc) is 3.16. The predicted octanol–water partition coefficient (Wildman–Crippen LogP) is 3.04. The zero-order valence-electron chi connectivity index (χ0n) is 14.1. The van der Waals surface area contributed by atoms with Gasteiger partial charge in [0.05, 0.1) is 26.4 Å². The molecular weight excluding hydrogens is 362 g/mol. The van der Waals surface area contributed by atoms with Crippen molar-refractivity contribution in [1.82, 2.24) is 15.1 Å². The van der Waals surface area contributed by atoms with Crippen LogP contribution in [0, 0.1) is 0 Å². The second-order valence-electron chi connectivity index (χ2n) is 5.00. The Morgan fingerprint density at radius 3 is 2.38 bits per heavy atom. The molecule has 0 atom stereocenters. The lowest BCUT2D eigenvalue weighted by molar-refractivity contribution is 0.0993. The summed E-state index contributed by atoms with van der Waals surface area (Å²) in [5, 5.41) is 4.12. The van der Waals surface area contributed by atoms with Crippen LogP contribution in [0.3, 0.4) is 0 Å². The molecule has 26 heavy (non-hydrogen) atoms. The number of benzene rings is 1. The van der Waals surface area contributed by atoms with E-state index in [-0.39, 0.29) is 17.3 Å². The number of hydrogen-bond donors (Lipinski definition) is 0. The molecule has 3 rings (SSSR count). The SMILES string of the molecule is COc1cc(C(=O)c2nc(-c3ncccc3Cl)no2)cc(OC)c1OC. The molecule has 134 valence electrons. The lowest BCUT2D eigenvalue weighted by Crippen LogP contribution is -2.04. The van der Waals surface area contributed by atoms with E-state index < -0.39 is 5.78 Å². The molecule has 0 aliphatic heterocycles. The van der Waals surface area contributed by atoms with Crippen molar-refractivity contribution >= 4 is 17.4 Å². The van der Waals surface area contributed by atoms with Gasteiger partial charge in [0.1, 0.15) is 5.69 Å².